The molecule has 9 heteroatoms. The van der Waals surface area contributed by atoms with Crippen molar-refractivity contribution < 1.29 is 13.2 Å². The van der Waals surface area contributed by atoms with Gasteiger partial charge in [0.25, 0.3) is 5.91 Å². The van der Waals surface area contributed by atoms with Crippen LogP contribution in [-0.4, -0.2) is 24.1 Å². The number of primary sulfonamides is 1. The van der Waals surface area contributed by atoms with Crippen LogP contribution < -0.4 is 10.5 Å². The van der Waals surface area contributed by atoms with E-state index in [2.05, 4.69) is 26.3 Å². The summed E-state index contributed by atoms with van der Waals surface area (Å²) < 4.78 is 24.9. The molecule has 2 rings (SSSR count). The minimum Gasteiger partial charge on any atom is -0.304 e. The maximum absolute atomic E-state index is 12.1. The first-order chi connectivity index (χ1) is 9.68. The van der Waals surface area contributed by atoms with E-state index in [4.69, 9.17) is 5.14 Å². The number of nitrogens with one attached hydrogen (secondary N) is 1. The number of carbonyl (C=O) groups is 1. The number of aryl methyl sites for hydroxylation is 2. The SMILES string of the molecule is Cc1ccc(C(=O)Nc2nn(C)cc2S(N)(=O)=O)cc1Br. The second kappa shape index (κ2) is 5.58. The van der Waals surface area contributed by atoms with E-state index in [9.17, 15) is 13.2 Å². The Hall–Kier alpha value is -1.71. The molecule has 0 saturated heterocycles. The number of anilines is 1. The number of hydrogen-bond donors (Lipinski definition) is 2. The Labute approximate surface area is 130 Å². The Kier molecular flexibility index (Phi) is 4.17. The van der Waals surface area contributed by atoms with Crippen molar-refractivity contribution in [3.63, 3.8) is 0 Å². The molecule has 0 aliphatic rings. The second-order valence-electron chi connectivity index (χ2n) is 4.48. The lowest BCUT2D eigenvalue weighted by Crippen LogP contribution is -2.17. The Morgan fingerprint density at radius 3 is 2.67 bits per heavy atom. The van der Waals surface area contributed by atoms with E-state index in [-0.39, 0.29) is 10.7 Å². The normalized spacial score (nSPS) is 11.4. The molecule has 7 nitrogen and oxygen atoms in total. The van der Waals surface area contributed by atoms with Gasteiger partial charge in [-0.05, 0) is 24.6 Å². The van der Waals surface area contributed by atoms with Crippen molar-refractivity contribution in [2.75, 3.05) is 5.32 Å². The van der Waals surface area contributed by atoms with Gasteiger partial charge in [-0.1, -0.05) is 22.0 Å². The number of benzene rings is 1. The number of halogens is 1. The molecule has 21 heavy (non-hydrogen) atoms. The highest BCUT2D eigenvalue weighted by Gasteiger charge is 2.20. The van der Waals surface area contributed by atoms with Crippen molar-refractivity contribution in [3.05, 3.63) is 40.0 Å². The topological polar surface area (TPSA) is 107 Å². The zero-order valence-corrected chi connectivity index (χ0v) is 13.7. The summed E-state index contributed by atoms with van der Waals surface area (Å²) >= 11 is 3.33. The molecule has 1 aromatic heterocycles. The first-order valence-electron chi connectivity index (χ1n) is 5.82. The van der Waals surface area contributed by atoms with Crippen molar-refractivity contribution in [1.29, 1.82) is 0 Å². The maximum Gasteiger partial charge on any atom is 0.256 e. The highest BCUT2D eigenvalue weighted by molar-refractivity contribution is 9.10. The molecule has 1 amide bonds. The summed E-state index contributed by atoms with van der Waals surface area (Å²) in [6.45, 7) is 1.89. The molecular weight excluding hydrogens is 360 g/mol. The van der Waals surface area contributed by atoms with Gasteiger partial charge >= 0.3 is 0 Å². The van der Waals surface area contributed by atoms with Gasteiger partial charge in [0.05, 0.1) is 0 Å². The molecule has 1 aromatic carbocycles. The molecule has 112 valence electrons. The summed E-state index contributed by atoms with van der Waals surface area (Å²) in [4.78, 5) is 11.9. The average molecular weight is 373 g/mol. The van der Waals surface area contributed by atoms with Crippen LogP contribution in [0.5, 0.6) is 0 Å². The summed E-state index contributed by atoms with van der Waals surface area (Å²) in [5, 5.41) is 11.4. The minimum absolute atomic E-state index is 0.0957. The summed E-state index contributed by atoms with van der Waals surface area (Å²) in [7, 11) is -2.43. The van der Waals surface area contributed by atoms with Crippen molar-refractivity contribution >= 4 is 37.7 Å². The van der Waals surface area contributed by atoms with Crippen molar-refractivity contribution in [1.82, 2.24) is 9.78 Å². The summed E-state index contributed by atoms with van der Waals surface area (Å²) in [5.41, 5.74) is 1.35. The van der Waals surface area contributed by atoms with Crippen LogP contribution >= 0.6 is 15.9 Å². The Morgan fingerprint density at radius 1 is 1.43 bits per heavy atom. The molecule has 0 aliphatic heterocycles. The fraction of sp³-hybridized carbons (Fsp3) is 0.167. The molecular formula is C12H13BrN4O3S. The van der Waals surface area contributed by atoms with Crippen LogP contribution in [0.2, 0.25) is 0 Å². The monoisotopic (exact) mass is 372 g/mol. The van der Waals surface area contributed by atoms with Crippen molar-refractivity contribution in [2.45, 2.75) is 11.8 Å². The standard InChI is InChI=1S/C12H13BrN4O3S/c1-7-3-4-8(5-9(7)13)12(18)15-11-10(21(14,19)20)6-17(2)16-11/h3-6H,1-2H3,(H2,14,19,20)(H,15,16,18). The van der Waals surface area contributed by atoms with E-state index in [0.29, 0.717) is 5.56 Å². The van der Waals surface area contributed by atoms with Crippen LogP contribution in [0, 0.1) is 6.92 Å². The van der Waals surface area contributed by atoms with E-state index in [0.717, 1.165) is 10.0 Å². The third-order valence-corrected chi connectivity index (χ3v) is 4.53. The van der Waals surface area contributed by atoms with Crippen LogP contribution in [0.15, 0.2) is 33.8 Å². The van der Waals surface area contributed by atoms with E-state index in [1.165, 1.54) is 17.9 Å². The molecule has 2 aromatic rings. The molecule has 3 N–H and O–H groups in total. The number of nitrogens with zero attached hydrogens (tertiary/aromatic N) is 2. The highest BCUT2D eigenvalue weighted by Crippen LogP contribution is 2.21. The van der Waals surface area contributed by atoms with Gasteiger partial charge in [0.1, 0.15) is 4.90 Å². The molecule has 0 aliphatic carbocycles. The molecule has 0 spiro atoms. The van der Waals surface area contributed by atoms with E-state index < -0.39 is 15.9 Å². The fourth-order valence-corrected chi connectivity index (χ4v) is 2.71. The van der Waals surface area contributed by atoms with Crippen LogP contribution in [0.3, 0.4) is 0 Å². The zero-order chi connectivity index (χ0) is 15.8. The number of rotatable bonds is 3. The third kappa shape index (κ3) is 3.49. The Bertz CT molecular complexity index is 814. The van der Waals surface area contributed by atoms with Gasteiger partial charge in [0, 0.05) is 23.3 Å². The lowest BCUT2D eigenvalue weighted by molar-refractivity contribution is 0.102. The van der Waals surface area contributed by atoms with Gasteiger partial charge < -0.3 is 5.32 Å². The summed E-state index contributed by atoms with van der Waals surface area (Å²) in [6.07, 6.45) is 1.23. The van der Waals surface area contributed by atoms with Crippen LogP contribution in [0.1, 0.15) is 15.9 Å². The van der Waals surface area contributed by atoms with Crippen LogP contribution in [0.4, 0.5) is 5.82 Å². The molecule has 0 unspecified atom stereocenters. The summed E-state index contributed by atoms with van der Waals surface area (Å²) in [5.74, 6) is -0.569. The van der Waals surface area contributed by atoms with Gasteiger partial charge in [-0.25, -0.2) is 13.6 Å². The van der Waals surface area contributed by atoms with Gasteiger partial charge in [-0.3, -0.25) is 9.48 Å². The third-order valence-electron chi connectivity index (χ3n) is 2.77. The number of sulfonamides is 1. The molecule has 1 heterocycles. The number of aromatic nitrogens is 2. The molecule has 0 radical (unpaired) electrons. The number of amides is 1. The lowest BCUT2D eigenvalue weighted by Gasteiger charge is -2.05. The predicted molar refractivity (Wildman–Crippen MR) is 81.4 cm³/mol. The highest BCUT2D eigenvalue weighted by atomic mass is 79.9. The quantitative estimate of drug-likeness (QED) is 0.848. The van der Waals surface area contributed by atoms with Gasteiger partial charge in [0.15, 0.2) is 5.82 Å². The number of hydrogen-bond acceptors (Lipinski definition) is 4. The zero-order valence-electron chi connectivity index (χ0n) is 11.3. The smallest absolute Gasteiger partial charge is 0.256 e. The van der Waals surface area contributed by atoms with E-state index >= 15 is 0 Å². The summed E-state index contributed by atoms with van der Waals surface area (Å²) in [6, 6.07) is 5.05. The van der Waals surface area contributed by atoms with Crippen LogP contribution in [0.25, 0.3) is 0 Å². The van der Waals surface area contributed by atoms with Crippen LogP contribution in [-0.2, 0) is 17.1 Å². The second-order valence-corrected chi connectivity index (χ2v) is 6.86. The van der Waals surface area contributed by atoms with Gasteiger partial charge in [0.2, 0.25) is 10.0 Å². The van der Waals surface area contributed by atoms with Crippen molar-refractivity contribution in [3.8, 4) is 0 Å². The Balaban J connectivity index is 2.34. The number of nitrogens with two attached hydrogens (primary N) is 1. The average Bonchev–Trinajstić information content (AvgIpc) is 2.73. The fourth-order valence-electron chi connectivity index (χ4n) is 1.68. The first kappa shape index (κ1) is 15.7. The lowest BCUT2D eigenvalue weighted by atomic mass is 10.1. The van der Waals surface area contributed by atoms with Crippen molar-refractivity contribution in [2.24, 2.45) is 12.2 Å². The van der Waals surface area contributed by atoms with Gasteiger partial charge in [-0.2, -0.15) is 5.10 Å². The molecule has 0 fully saturated rings. The predicted octanol–water partition coefficient (Wildman–Crippen LogP) is 1.39. The molecule has 0 bridgehead atoms. The van der Waals surface area contributed by atoms with Gasteiger partial charge in [-0.15, -0.1) is 0 Å². The van der Waals surface area contributed by atoms with E-state index in [1.807, 2.05) is 6.92 Å². The minimum atomic E-state index is -3.96. The first-order valence-corrected chi connectivity index (χ1v) is 8.16. The Morgan fingerprint density at radius 2 is 2.10 bits per heavy atom. The van der Waals surface area contributed by atoms with E-state index in [1.54, 1.807) is 18.2 Å². The molecule has 0 atom stereocenters. The molecule has 0 saturated carbocycles. The number of carbonyl (C=O) groups excluding carboxylic acids is 1. The largest absolute Gasteiger partial charge is 0.304 e. The maximum atomic E-state index is 12.1.